The van der Waals surface area contributed by atoms with E-state index in [0.29, 0.717) is 42.3 Å². The third kappa shape index (κ3) is 5.29. The topological polar surface area (TPSA) is 93.8 Å². The average molecular weight is 439 g/mol. The number of methoxy groups -OCH3 is 1. The minimum absolute atomic E-state index is 0.157. The lowest BCUT2D eigenvalue weighted by molar-refractivity contribution is 0.0697. The Morgan fingerprint density at radius 1 is 1.09 bits per heavy atom. The second kappa shape index (κ2) is 10.8. The molecule has 7 nitrogen and oxygen atoms in total. The molecule has 2 aromatic carbocycles. The van der Waals surface area contributed by atoms with Crippen LogP contribution in [0.5, 0.6) is 11.5 Å². The summed E-state index contributed by atoms with van der Waals surface area (Å²) in [4.78, 5) is 11.6. The second-order valence-corrected chi connectivity index (χ2v) is 7.58. The van der Waals surface area contributed by atoms with Crippen LogP contribution in [0.3, 0.4) is 0 Å². The molecule has 0 saturated carbocycles. The minimum atomic E-state index is -1.02. The standard InChI is InChI=1S/C25H30N2O5/c1-4-6-13-32-24-12-11-17(25(29)30)14-20(24)21-15-22(27(26-21)16-18(28)5-2)19-9-7-8-10-23(19)31-3/h7-12,14-15,18,28H,4-6,13,16H2,1-3H3,(H,29,30)/t18-/m0/s1. The molecule has 0 saturated heterocycles. The number of ether oxygens (including phenoxy) is 2. The van der Waals surface area contributed by atoms with E-state index in [1.807, 2.05) is 37.3 Å². The maximum Gasteiger partial charge on any atom is 0.335 e. The van der Waals surface area contributed by atoms with Crippen molar-refractivity contribution in [2.75, 3.05) is 13.7 Å². The monoisotopic (exact) mass is 438 g/mol. The molecule has 0 aliphatic heterocycles. The zero-order valence-corrected chi connectivity index (χ0v) is 18.7. The van der Waals surface area contributed by atoms with Crippen molar-refractivity contribution < 1.29 is 24.5 Å². The van der Waals surface area contributed by atoms with Crippen LogP contribution in [0.15, 0.2) is 48.5 Å². The third-order valence-corrected chi connectivity index (χ3v) is 5.28. The van der Waals surface area contributed by atoms with Gasteiger partial charge in [-0.25, -0.2) is 4.79 Å². The largest absolute Gasteiger partial charge is 0.496 e. The average Bonchev–Trinajstić information content (AvgIpc) is 3.22. The van der Waals surface area contributed by atoms with E-state index in [-0.39, 0.29) is 5.56 Å². The van der Waals surface area contributed by atoms with Crippen molar-refractivity contribution in [1.29, 1.82) is 0 Å². The van der Waals surface area contributed by atoms with Gasteiger partial charge in [0.15, 0.2) is 0 Å². The van der Waals surface area contributed by atoms with Gasteiger partial charge in [0.1, 0.15) is 11.5 Å². The van der Waals surface area contributed by atoms with Gasteiger partial charge >= 0.3 is 5.97 Å². The quantitative estimate of drug-likeness (QED) is 0.415. The summed E-state index contributed by atoms with van der Waals surface area (Å²) < 4.78 is 13.2. The lowest BCUT2D eigenvalue weighted by atomic mass is 10.0. The summed E-state index contributed by atoms with van der Waals surface area (Å²) in [5.41, 5.74) is 2.93. The first-order valence-electron chi connectivity index (χ1n) is 10.9. The van der Waals surface area contributed by atoms with Gasteiger partial charge in [-0.1, -0.05) is 32.4 Å². The Bertz CT molecular complexity index is 1060. The Kier molecular flexibility index (Phi) is 7.89. The number of aromatic carboxylic acids is 1. The fourth-order valence-electron chi connectivity index (χ4n) is 3.40. The Balaban J connectivity index is 2.15. The first-order chi connectivity index (χ1) is 15.5. The molecule has 0 radical (unpaired) electrons. The van der Waals surface area contributed by atoms with Crippen LogP contribution >= 0.6 is 0 Å². The van der Waals surface area contributed by atoms with Gasteiger partial charge in [0.2, 0.25) is 0 Å². The highest BCUT2D eigenvalue weighted by molar-refractivity contribution is 5.90. The summed E-state index contributed by atoms with van der Waals surface area (Å²) in [5.74, 6) is 0.248. The number of carbonyl (C=O) groups is 1. The summed E-state index contributed by atoms with van der Waals surface area (Å²) in [6.45, 7) is 4.82. The minimum Gasteiger partial charge on any atom is -0.496 e. The van der Waals surface area contributed by atoms with Crippen LogP contribution in [0.1, 0.15) is 43.5 Å². The number of hydrogen-bond acceptors (Lipinski definition) is 5. The lowest BCUT2D eigenvalue weighted by Crippen LogP contribution is -2.16. The molecule has 3 rings (SSSR count). The second-order valence-electron chi connectivity index (χ2n) is 7.58. The zero-order chi connectivity index (χ0) is 23.1. The van der Waals surface area contributed by atoms with Crippen LogP contribution in [0.2, 0.25) is 0 Å². The van der Waals surface area contributed by atoms with Crippen molar-refractivity contribution >= 4 is 5.97 Å². The molecule has 7 heteroatoms. The molecule has 0 aliphatic rings. The summed E-state index contributed by atoms with van der Waals surface area (Å²) in [7, 11) is 1.61. The number of nitrogens with zero attached hydrogens (tertiary/aromatic N) is 2. The number of carboxylic acids is 1. The van der Waals surface area contributed by atoms with Crippen LogP contribution in [0, 0.1) is 0 Å². The van der Waals surface area contributed by atoms with Gasteiger partial charge in [0, 0.05) is 11.1 Å². The van der Waals surface area contributed by atoms with Gasteiger partial charge in [-0.2, -0.15) is 5.10 Å². The molecular weight excluding hydrogens is 408 g/mol. The van der Waals surface area contributed by atoms with Crippen molar-refractivity contribution in [3.05, 3.63) is 54.1 Å². The first kappa shape index (κ1) is 23.3. The summed E-state index contributed by atoms with van der Waals surface area (Å²) in [6, 6.07) is 14.3. The van der Waals surface area contributed by atoms with Gasteiger partial charge in [0.05, 0.1) is 43.3 Å². The van der Waals surface area contributed by atoms with Gasteiger partial charge in [-0.15, -0.1) is 0 Å². The highest BCUT2D eigenvalue weighted by Gasteiger charge is 2.20. The van der Waals surface area contributed by atoms with E-state index in [1.165, 1.54) is 6.07 Å². The molecular formula is C25H30N2O5. The lowest BCUT2D eigenvalue weighted by Gasteiger charge is -2.13. The SMILES string of the molecule is CCCCOc1ccc(C(=O)O)cc1-c1cc(-c2ccccc2OC)n(C[C@@H](O)CC)n1. The molecule has 0 amide bonds. The summed E-state index contributed by atoms with van der Waals surface area (Å²) >= 11 is 0. The fourth-order valence-corrected chi connectivity index (χ4v) is 3.40. The number of aliphatic hydroxyl groups excluding tert-OH is 1. The molecule has 32 heavy (non-hydrogen) atoms. The van der Waals surface area contributed by atoms with E-state index in [9.17, 15) is 15.0 Å². The Labute approximate surface area is 188 Å². The van der Waals surface area contributed by atoms with Crippen molar-refractivity contribution in [3.63, 3.8) is 0 Å². The molecule has 0 bridgehead atoms. The molecule has 1 heterocycles. The van der Waals surface area contributed by atoms with Gasteiger partial charge in [0.25, 0.3) is 0 Å². The van der Waals surface area contributed by atoms with E-state index in [2.05, 4.69) is 6.92 Å². The number of aliphatic hydroxyl groups is 1. The molecule has 0 aliphatic carbocycles. The van der Waals surface area contributed by atoms with Gasteiger partial charge in [-0.3, -0.25) is 4.68 Å². The van der Waals surface area contributed by atoms with E-state index >= 15 is 0 Å². The first-order valence-corrected chi connectivity index (χ1v) is 10.9. The van der Waals surface area contributed by atoms with Crippen molar-refractivity contribution in [2.24, 2.45) is 0 Å². The van der Waals surface area contributed by atoms with Gasteiger partial charge < -0.3 is 19.7 Å². The maximum absolute atomic E-state index is 11.6. The molecule has 1 atom stereocenters. The molecule has 0 spiro atoms. The smallest absolute Gasteiger partial charge is 0.335 e. The third-order valence-electron chi connectivity index (χ3n) is 5.28. The van der Waals surface area contributed by atoms with E-state index < -0.39 is 12.1 Å². The van der Waals surface area contributed by atoms with Crippen LogP contribution in [-0.2, 0) is 6.54 Å². The van der Waals surface area contributed by atoms with Crippen molar-refractivity contribution in [1.82, 2.24) is 9.78 Å². The number of hydrogen-bond donors (Lipinski definition) is 2. The fraction of sp³-hybridized carbons (Fsp3) is 0.360. The summed E-state index contributed by atoms with van der Waals surface area (Å²) in [5, 5.41) is 24.5. The molecule has 0 unspecified atom stereocenters. The Hall–Kier alpha value is -3.32. The molecule has 3 aromatic rings. The molecule has 2 N–H and O–H groups in total. The Morgan fingerprint density at radius 2 is 1.88 bits per heavy atom. The highest BCUT2D eigenvalue weighted by atomic mass is 16.5. The van der Waals surface area contributed by atoms with Crippen LogP contribution < -0.4 is 9.47 Å². The molecule has 1 aromatic heterocycles. The normalized spacial score (nSPS) is 11.9. The number of para-hydroxylation sites is 1. The van der Waals surface area contributed by atoms with E-state index in [1.54, 1.807) is 23.9 Å². The van der Waals surface area contributed by atoms with Gasteiger partial charge in [-0.05, 0) is 49.2 Å². The Morgan fingerprint density at radius 3 is 2.56 bits per heavy atom. The number of unbranched alkanes of at least 4 members (excludes halogenated alkanes) is 1. The molecule has 0 fully saturated rings. The van der Waals surface area contributed by atoms with Crippen LogP contribution in [0.25, 0.3) is 22.5 Å². The number of rotatable bonds is 11. The predicted octanol–water partition coefficient (Wildman–Crippen LogP) is 4.87. The van der Waals surface area contributed by atoms with Crippen molar-refractivity contribution in [3.8, 4) is 34.0 Å². The predicted molar refractivity (Wildman–Crippen MR) is 123 cm³/mol. The van der Waals surface area contributed by atoms with Crippen LogP contribution in [-0.4, -0.2) is 45.8 Å². The maximum atomic E-state index is 11.6. The molecule has 170 valence electrons. The highest BCUT2D eigenvalue weighted by Crippen LogP contribution is 2.36. The number of carboxylic acid groups (broad SMARTS) is 1. The van der Waals surface area contributed by atoms with Crippen molar-refractivity contribution in [2.45, 2.75) is 45.8 Å². The van der Waals surface area contributed by atoms with Crippen LogP contribution in [0.4, 0.5) is 0 Å². The van der Waals surface area contributed by atoms with E-state index in [4.69, 9.17) is 14.6 Å². The summed E-state index contributed by atoms with van der Waals surface area (Å²) in [6.07, 6.45) is 1.90. The number of aromatic nitrogens is 2. The van der Waals surface area contributed by atoms with E-state index in [0.717, 1.165) is 24.1 Å². The number of benzene rings is 2. The zero-order valence-electron chi connectivity index (χ0n) is 18.7.